The minimum Gasteiger partial charge on any atom is -0.354 e. The molecule has 1 rings (SSSR count). The van der Waals surface area contributed by atoms with Crippen molar-refractivity contribution in [1.29, 1.82) is 0 Å². The Labute approximate surface area is 78.7 Å². The van der Waals surface area contributed by atoms with Gasteiger partial charge in [0.2, 0.25) is 5.91 Å². The molecule has 0 aliphatic heterocycles. The zero-order valence-electron chi connectivity index (χ0n) is 7.24. The van der Waals surface area contributed by atoms with Crippen molar-refractivity contribution >= 4 is 5.91 Å². The number of nitrogens with zero attached hydrogens (tertiary/aromatic N) is 7. The Kier molecular flexibility index (Phi) is 3.89. The van der Waals surface area contributed by atoms with E-state index in [4.69, 9.17) is 5.53 Å². The highest BCUT2D eigenvalue weighted by Crippen LogP contribution is 1.78. The van der Waals surface area contributed by atoms with Crippen LogP contribution in [0.25, 0.3) is 10.4 Å². The topological polar surface area (TPSA) is 121 Å². The molecule has 0 radical (unpaired) electrons. The number of carbonyl (C=O) groups is 1. The first-order valence-corrected chi connectivity index (χ1v) is 3.81. The van der Waals surface area contributed by atoms with Crippen molar-refractivity contribution < 1.29 is 4.79 Å². The van der Waals surface area contributed by atoms with Crippen molar-refractivity contribution in [2.24, 2.45) is 5.11 Å². The van der Waals surface area contributed by atoms with E-state index in [0.29, 0.717) is 6.54 Å². The summed E-state index contributed by atoms with van der Waals surface area (Å²) >= 11 is 0. The molecule has 0 bridgehead atoms. The van der Waals surface area contributed by atoms with Gasteiger partial charge in [0.1, 0.15) is 12.9 Å². The number of hydrogen-bond donors (Lipinski definition) is 1. The summed E-state index contributed by atoms with van der Waals surface area (Å²) in [6.07, 6.45) is 1.34. The van der Waals surface area contributed by atoms with Crippen LogP contribution in [0.5, 0.6) is 0 Å². The Morgan fingerprint density at radius 2 is 2.57 bits per heavy atom. The quantitative estimate of drug-likeness (QED) is 0.283. The highest BCUT2D eigenvalue weighted by molar-refractivity contribution is 5.75. The van der Waals surface area contributed by atoms with Crippen molar-refractivity contribution in [3.63, 3.8) is 0 Å². The highest BCUT2D eigenvalue weighted by atomic mass is 16.2. The van der Waals surface area contributed by atoms with Gasteiger partial charge in [0, 0.05) is 18.0 Å². The molecule has 0 spiro atoms. The van der Waals surface area contributed by atoms with Crippen LogP contribution < -0.4 is 5.32 Å². The summed E-state index contributed by atoms with van der Waals surface area (Å²) in [6, 6.07) is 0. The van der Waals surface area contributed by atoms with Crippen molar-refractivity contribution in [2.75, 3.05) is 13.1 Å². The summed E-state index contributed by atoms with van der Waals surface area (Å²) in [5.41, 5.74) is 7.95. The van der Waals surface area contributed by atoms with Gasteiger partial charge in [-0.3, -0.25) is 4.79 Å². The van der Waals surface area contributed by atoms with E-state index >= 15 is 0 Å². The van der Waals surface area contributed by atoms with Crippen LogP contribution in [0.4, 0.5) is 0 Å². The molecule has 1 amide bonds. The van der Waals surface area contributed by atoms with Gasteiger partial charge in [-0.05, 0) is 16.0 Å². The lowest BCUT2D eigenvalue weighted by Gasteiger charge is -2.01. The van der Waals surface area contributed by atoms with Crippen LogP contribution in [0.15, 0.2) is 11.4 Å². The molecular weight excluding hydrogens is 188 g/mol. The van der Waals surface area contributed by atoms with E-state index in [-0.39, 0.29) is 19.0 Å². The fraction of sp³-hybridized carbons (Fsp3) is 0.600. The minimum absolute atomic E-state index is 0.0588. The molecule has 74 valence electrons. The Bertz CT molecular complexity index is 326. The summed E-state index contributed by atoms with van der Waals surface area (Å²) in [6.45, 7) is 0.603. The molecule has 0 aliphatic carbocycles. The molecule has 1 aromatic heterocycles. The standard InChI is InChI=1S/C5H8N8O/c6-10-8-2-1-7-5(14)3-13-4-9-11-12-13/h4H,1-3H2,(H,7,14). The second-order valence-corrected chi connectivity index (χ2v) is 2.31. The van der Waals surface area contributed by atoms with E-state index in [9.17, 15) is 4.79 Å². The average molecular weight is 196 g/mol. The van der Waals surface area contributed by atoms with E-state index < -0.39 is 0 Å². The van der Waals surface area contributed by atoms with Gasteiger partial charge in [0.05, 0.1) is 0 Å². The third-order valence-electron chi connectivity index (χ3n) is 1.29. The number of rotatable bonds is 5. The lowest BCUT2D eigenvalue weighted by Crippen LogP contribution is -2.29. The zero-order valence-corrected chi connectivity index (χ0v) is 7.24. The highest BCUT2D eigenvalue weighted by Gasteiger charge is 2.01. The van der Waals surface area contributed by atoms with Gasteiger partial charge in [0.25, 0.3) is 0 Å². The van der Waals surface area contributed by atoms with E-state index in [1.807, 2.05) is 0 Å². The maximum absolute atomic E-state index is 11.1. The first-order valence-electron chi connectivity index (χ1n) is 3.81. The lowest BCUT2D eigenvalue weighted by molar-refractivity contribution is -0.121. The van der Waals surface area contributed by atoms with E-state index in [1.165, 1.54) is 11.0 Å². The number of aromatic nitrogens is 4. The molecule has 0 unspecified atom stereocenters. The van der Waals surface area contributed by atoms with E-state index in [0.717, 1.165) is 0 Å². The number of azide groups is 1. The summed E-state index contributed by atoms with van der Waals surface area (Å²) < 4.78 is 1.29. The summed E-state index contributed by atoms with van der Waals surface area (Å²) in [5.74, 6) is -0.231. The van der Waals surface area contributed by atoms with Crippen LogP contribution in [0, 0.1) is 0 Å². The Morgan fingerprint density at radius 3 is 3.21 bits per heavy atom. The molecule has 14 heavy (non-hydrogen) atoms. The number of hydrogen-bond acceptors (Lipinski definition) is 5. The zero-order chi connectivity index (χ0) is 10.2. The van der Waals surface area contributed by atoms with Gasteiger partial charge in [-0.15, -0.1) is 5.10 Å². The summed E-state index contributed by atoms with van der Waals surface area (Å²) in [4.78, 5) is 13.7. The van der Waals surface area contributed by atoms with Gasteiger partial charge in [-0.2, -0.15) is 0 Å². The molecule has 1 aromatic rings. The van der Waals surface area contributed by atoms with Gasteiger partial charge in [-0.1, -0.05) is 5.11 Å². The fourth-order valence-corrected chi connectivity index (χ4v) is 0.746. The first-order chi connectivity index (χ1) is 6.83. The minimum atomic E-state index is -0.231. The maximum Gasteiger partial charge on any atom is 0.241 e. The molecule has 0 atom stereocenters. The van der Waals surface area contributed by atoms with Crippen LogP contribution >= 0.6 is 0 Å². The van der Waals surface area contributed by atoms with Gasteiger partial charge >= 0.3 is 0 Å². The van der Waals surface area contributed by atoms with Gasteiger partial charge < -0.3 is 5.32 Å². The monoisotopic (exact) mass is 196 g/mol. The Balaban J connectivity index is 2.20. The van der Waals surface area contributed by atoms with Crippen molar-refractivity contribution in [3.05, 3.63) is 16.8 Å². The number of tetrazole rings is 1. The van der Waals surface area contributed by atoms with Crippen LogP contribution in [0.3, 0.4) is 0 Å². The van der Waals surface area contributed by atoms with Gasteiger partial charge in [-0.25, -0.2) is 4.68 Å². The number of amides is 1. The third-order valence-corrected chi connectivity index (χ3v) is 1.29. The molecular formula is C5H8N8O. The predicted octanol–water partition coefficient (Wildman–Crippen LogP) is -0.900. The summed E-state index contributed by atoms with van der Waals surface area (Å²) in [7, 11) is 0. The molecule has 1 heterocycles. The van der Waals surface area contributed by atoms with E-state index in [1.54, 1.807) is 0 Å². The molecule has 0 aromatic carbocycles. The normalized spacial score (nSPS) is 9.14. The van der Waals surface area contributed by atoms with Crippen LogP contribution in [-0.4, -0.2) is 39.2 Å². The van der Waals surface area contributed by atoms with E-state index in [2.05, 4.69) is 30.9 Å². The van der Waals surface area contributed by atoms with Crippen LogP contribution in [0.2, 0.25) is 0 Å². The Morgan fingerprint density at radius 1 is 1.71 bits per heavy atom. The molecule has 1 N–H and O–H groups in total. The SMILES string of the molecule is [N-]=[N+]=NCCNC(=O)Cn1cnnn1. The van der Waals surface area contributed by atoms with Gasteiger partial charge in [0.15, 0.2) is 0 Å². The fourth-order valence-electron chi connectivity index (χ4n) is 0.746. The van der Waals surface area contributed by atoms with Crippen LogP contribution in [-0.2, 0) is 11.3 Å². The molecule has 0 fully saturated rings. The molecule has 9 nitrogen and oxygen atoms in total. The number of nitrogens with one attached hydrogen (secondary N) is 1. The second kappa shape index (κ2) is 5.49. The molecule has 0 aliphatic rings. The molecule has 0 saturated heterocycles. The largest absolute Gasteiger partial charge is 0.354 e. The maximum atomic E-state index is 11.1. The smallest absolute Gasteiger partial charge is 0.241 e. The molecule has 9 heteroatoms. The Hall–Kier alpha value is -2.15. The lowest BCUT2D eigenvalue weighted by atomic mass is 10.5. The predicted molar refractivity (Wildman–Crippen MR) is 44.8 cm³/mol. The second-order valence-electron chi connectivity index (χ2n) is 2.31. The van der Waals surface area contributed by atoms with Crippen molar-refractivity contribution in [1.82, 2.24) is 25.5 Å². The van der Waals surface area contributed by atoms with Crippen molar-refractivity contribution in [2.45, 2.75) is 6.54 Å². The first kappa shape index (κ1) is 9.93. The number of carbonyl (C=O) groups excluding carboxylic acids is 1. The third kappa shape index (κ3) is 3.50. The summed E-state index contributed by atoms with van der Waals surface area (Å²) in [5, 5.41) is 16.1. The van der Waals surface area contributed by atoms with Crippen molar-refractivity contribution in [3.8, 4) is 0 Å². The van der Waals surface area contributed by atoms with Crippen LogP contribution in [0.1, 0.15) is 0 Å². The average Bonchev–Trinajstić information content (AvgIpc) is 2.65. The molecule has 0 saturated carbocycles.